The zero-order valence-electron chi connectivity index (χ0n) is 16.2. The number of carbonyl (C=O) groups is 3. The minimum atomic E-state index is -0.378. The Morgan fingerprint density at radius 3 is 2.59 bits per heavy atom. The first-order valence-corrected chi connectivity index (χ1v) is 9.14. The van der Waals surface area contributed by atoms with Crippen molar-refractivity contribution in [1.29, 1.82) is 0 Å². The molecule has 0 radical (unpaired) electrons. The Morgan fingerprint density at radius 2 is 1.83 bits per heavy atom. The summed E-state index contributed by atoms with van der Waals surface area (Å²) in [5, 5.41) is 3.33. The molecule has 1 unspecified atom stereocenters. The molecule has 8 heteroatoms. The van der Waals surface area contributed by atoms with E-state index in [0.717, 1.165) is 16.2 Å². The van der Waals surface area contributed by atoms with Gasteiger partial charge in [0, 0.05) is 37.8 Å². The molecule has 0 aliphatic carbocycles. The number of hydrogen-bond acceptors (Lipinski definition) is 5. The smallest absolute Gasteiger partial charge is 0.261 e. The quantitative estimate of drug-likeness (QED) is 0.777. The van der Waals surface area contributed by atoms with Crippen LogP contribution in [0.2, 0.25) is 0 Å². The number of benzene rings is 2. The molecular weight excluding hydrogens is 394 g/mol. The van der Waals surface area contributed by atoms with Crippen LogP contribution in [0.15, 0.2) is 42.5 Å². The lowest BCUT2D eigenvalue weighted by Gasteiger charge is -2.37. The van der Waals surface area contributed by atoms with Crippen LogP contribution in [0.1, 0.15) is 42.7 Å². The maximum Gasteiger partial charge on any atom is 0.261 e. The summed E-state index contributed by atoms with van der Waals surface area (Å²) in [5.41, 5.74) is 1.95. The average molecular weight is 416 g/mol. The first kappa shape index (κ1) is 20.8. The third kappa shape index (κ3) is 3.47. The summed E-state index contributed by atoms with van der Waals surface area (Å²) >= 11 is 0. The minimum Gasteiger partial charge on any atom is -0.496 e. The Bertz CT molecular complexity index is 978. The van der Waals surface area contributed by atoms with Crippen molar-refractivity contribution in [3.63, 3.8) is 0 Å². The van der Waals surface area contributed by atoms with E-state index < -0.39 is 0 Å². The molecule has 2 aliphatic rings. The summed E-state index contributed by atoms with van der Waals surface area (Å²) in [6.45, 7) is 1.82. The van der Waals surface area contributed by atoms with Gasteiger partial charge in [-0.1, -0.05) is 18.2 Å². The molecule has 29 heavy (non-hydrogen) atoms. The van der Waals surface area contributed by atoms with Crippen molar-refractivity contribution in [2.75, 3.05) is 33.8 Å². The Balaban J connectivity index is 0.00000240. The summed E-state index contributed by atoms with van der Waals surface area (Å²) in [7, 11) is 3.06. The molecule has 1 fully saturated rings. The fourth-order valence-electron chi connectivity index (χ4n) is 3.83. The molecule has 0 bridgehead atoms. The molecule has 2 aliphatic heterocycles. The van der Waals surface area contributed by atoms with E-state index in [1.807, 2.05) is 24.3 Å². The Kier molecular flexibility index (Phi) is 5.91. The van der Waals surface area contributed by atoms with Gasteiger partial charge >= 0.3 is 0 Å². The third-order valence-corrected chi connectivity index (χ3v) is 5.34. The largest absolute Gasteiger partial charge is 0.496 e. The van der Waals surface area contributed by atoms with Gasteiger partial charge < -0.3 is 15.0 Å². The number of fused-ring (bicyclic) bond motifs is 1. The highest BCUT2D eigenvalue weighted by atomic mass is 35.5. The summed E-state index contributed by atoms with van der Waals surface area (Å²) in [6, 6.07) is 12.2. The number of nitrogens with zero attached hydrogens (tertiary/aromatic N) is 2. The van der Waals surface area contributed by atoms with E-state index in [4.69, 9.17) is 4.74 Å². The van der Waals surface area contributed by atoms with E-state index in [2.05, 4.69) is 5.32 Å². The summed E-state index contributed by atoms with van der Waals surface area (Å²) in [4.78, 5) is 40.5. The number of piperazine rings is 1. The van der Waals surface area contributed by atoms with Gasteiger partial charge in [-0.15, -0.1) is 12.4 Å². The van der Waals surface area contributed by atoms with E-state index in [-0.39, 0.29) is 41.7 Å². The molecule has 0 saturated carbocycles. The number of imide groups is 1. The van der Waals surface area contributed by atoms with Gasteiger partial charge in [-0.2, -0.15) is 0 Å². The normalized spacial score (nSPS) is 18.3. The molecular formula is C21H22ClN3O4. The van der Waals surface area contributed by atoms with Crippen molar-refractivity contribution < 1.29 is 19.1 Å². The standard InChI is InChI=1S/C21H21N3O4.ClH/c1-23-20(26)14-8-7-13(11-16(14)21(23)27)19(25)24-10-9-22-12-17(24)15-5-3-4-6-18(15)28-2;/h3-8,11,17,22H,9-10,12H2,1-2H3;1H. The van der Waals surface area contributed by atoms with Gasteiger partial charge in [0.2, 0.25) is 0 Å². The number of nitrogens with one attached hydrogen (secondary N) is 1. The van der Waals surface area contributed by atoms with E-state index in [9.17, 15) is 14.4 Å². The second-order valence-corrected chi connectivity index (χ2v) is 6.89. The van der Waals surface area contributed by atoms with E-state index in [1.165, 1.54) is 13.1 Å². The van der Waals surface area contributed by atoms with Crippen LogP contribution in [0.3, 0.4) is 0 Å². The van der Waals surface area contributed by atoms with Crippen LogP contribution in [0.5, 0.6) is 5.75 Å². The number of amides is 3. The summed E-state index contributed by atoms with van der Waals surface area (Å²) in [6.07, 6.45) is 0. The van der Waals surface area contributed by atoms with Gasteiger partial charge in [0.25, 0.3) is 17.7 Å². The minimum absolute atomic E-state index is 0. The maximum absolute atomic E-state index is 13.3. The summed E-state index contributed by atoms with van der Waals surface area (Å²) in [5.74, 6) is -0.162. The Morgan fingerprint density at radius 1 is 1.10 bits per heavy atom. The first-order chi connectivity index (χ1) is 13.5. The lowest BCUT2D eigenvalue weighted by atomic mass is 9.99. The fourth-order valence-corrected chi connectivity index (χ4v) is 3.83. The highest BCUT2D eigenvalue weighted by Crippen LogP contribution is 2.32. The second-order valence-electron chi connectivity index (χ2n) is 6.89. The number of carbonyl (C=O) groups excluding carboxylic acids is 3. The molecule has 0 spiro atoms. The van der Waals surface area contributed by atoms with Gasteiger partial charge in [0.05, 0.1) is 24.3 Å². The number of ether oxygens (including phenoxy) is 1. The van der Waals surface area contributed by atoms with Crippen molar-refractivity contribution >= 4 is 30.1 Å². The van der Waals surface area contributed by atoms with Gasteiger partial charge in [0.1, 0.15) is 5.75 Å². The third-order valence-electron chi connectivity index (χ3n) is 5.34. The van der Waals surface area contributed by atoms with Crippen LogP contribution in [-0.4, -0.2) is 61.3 Å². The van der Waals surface area contributed by atoms with E-state index in [1.54, 1.807) is 24.1 Å². The summed E-state index contributed by atoms with van der Waals surface area (Å²) < 4.78 is 5.48. The molecule has 2 aromatic carbocycles. The Hall–Kier alpha value is -2.90. The Labute approximate surface area is 175 Å². The maximum atomic E-state index is 13.3. The number of halogens is 1. The van der Waals surface area contributed by atoms with Crippen LogP contribution in [-0.2, 0) is 0 Å². The zero-order valence-corrected chi connectivity index (χ0v) is 17.0. The molecule has 2 heterocycles. The predicted octanol–water partition coefficient (Wildman–Crippen LogP) is 2.13. The second kappa shape index (κ2) is 8.23. The van der Waals surface area contributed by atoms with E-state index >= 15 is 0 Å². The number of methoxy groups -OCH3 is 1. The first-order valence-electron chi connectivity index (χ1n) is 9.14. The molecule has 0 aromatic heterocycles. The van der Waals surface area contributed by atoms with Crippen molar-refractivity contribution in [3.05, 3.63) is 64.7 Å². The van der Waals surface area contributed by atoms with E-state index in [0.29, 0.717) is 30.8 Å². The number of rotatable bonds is 3. The van der Waals surface area contributed by atoms with Crippen LogP contribution in [0.4, 0.5) is 0 Å². The SMILES string of the molecule is COc1ccccc1C1CNCCN1C(=O)c1ccc2c(c1)C(=O)N(C)C2=O.Cl. The molecule has 152 valence electrons. The average Bonchev–Trinajstić information content (AvgIpc) is 2.96. The van der Waals surface area contributed by atoms with Crippen LogP contribution >= 0.6 is 12.4 Å². The van der Waals surface area contributed by atoms with Crippen molar-refractivity contribution in [1.82, 2.24) is 15.1 Å². The van der Waals surface area contributed by atoms with Crippen molar-refractivity contribution in [2.24, 2.45) is 0 Å². The molecule has 1 saturated heterocycles. The molecule has 7 nitrogen and oxygen atoms in total. The topological polar surface area (TPSA) is 79.0 Å². The molecule has 1 N–H and O–H groups in total. The lowest BCUT2D eigenvalue weighted by Crippen LogP contribution is -2.48. The van der Waals surface area contributed by atoms with Crippen molar-refractivity contribution in [2.45, 2.75) is 6.04 Å². The monoisotopic (exact) mass is 415 g/mol. The number of hydrogen-bond donors (Lipinski definition) is 1. The molecule has 3 amide bonds. The lowest BCUT2D eigenvalue weighted by molar-refractivity contribution is 0.0630. The van der Waals surface area contributed by atoms with Gasteiger partial charge in [0.15, 0.2) is 0 Å². The molecule has 1 atom stereocenters. The van der Waals surface area contributed by atoms with Crippen LogP contribution in [0, 0.1) is 0 Å². The van der Waals surface area contributed by atoms with Gasteiger partial charge in [-0.25, -0.2) is 0 Å². The van der Waals surface area contributed by atoms with Crippen LogP contribution < -0.4 is 10.1 Å². The predicted molar refractivity (Wildman–Crippen MR) is 110 cm³/mol. The number of para-hydroxylation sites is 1. The van der Waals surface area contributed by atoms with Crippen LogP contribution in [0.25, 0.3) is 0 Å². The zero-order chi connectivity index (χ0) is 19.8. The highest BCUT2D eigenvalue weighted by molar-refractivity contribution is 6.21. The molecule has 2 aromatic rings. The molecule has 4 rings (SSSR count). The van der Waals surface area contributed by atoms with Crippen molar-refractivity contribution in [3.8, 4) is 5.75 Å². The fraction of sp³-hybridized carbons (Fsp3) is 0.286. The van der Waals surface area contributed by atoms with Gasteiger partial charge in [-0.3, -0.25) is 19.3 Å². The van der Waals surface area contributed by atoms with Gasteiger partial charge in [-0.05, 0) is 24.3 Å². The highest BCUT2D eigenvalue weighted by Gasteiger charge is 2.35.